The van der Waals surface area contributed by atoms with Gasteiger partial charge in [0.15, 0.2) is 0 Å². The molecule has 1 aliphatic rings. The van der Waals surface area contributed by atoms with Crippen LogP contribution >= 0.6 is 0 Å². The van der Waals surface area contributed by atoms with Crippen LogP contribution in [0.15, 0.2) is 24.3 Å². The summed E-state index contributed by atoms with van der Waals surface area (Å²) in [6.45, 7) is 4.54. The van der Waals surface area contributed by atoms with Crippen molar-refractivity contribution in [3.63, 3.8) is 0 Å². The van der Waals surface area contributed by atoms with Gasteiger partial charge in [-0.3, -0.25) is 0 Å². The zero-order valence-electron chi connectivity index (χ0n) is 11.2. The van der Waals surface area contributed by atoms with E-state index in [2.05, 4.69) is 38.1 Å². The summed E-state index contributed by atoms with van der Waals surface area (Å²) in [6.07, 6.45) is 5.62. The second-order valence-corrected chi connectivity index (χ2v) is 4.87. The van der Waals surface area contributed by atoms with E-state index in [0.29, 0.717) is 0 Å². The van der Waals surface area contributed by atoms with Crippen molar-refractivity contribution in [3.05, 3.63) is 35.4 Å². The minimum Gasteiger partial charge on any atom is -0.412 e. The Bertz CT molecular complexity index is 284. The predicted molar refractivity (Wildman–Crippen MR) is 73.3 cm³/mol. The molecule has 98 valence electrons. The van der Waals surface area contributed by atoms with Crippen LogP contribution in [-0.4, -0.2) is 17.7 Å². The van der Waals surface area contributed by atoms with Crippen LogP contribution < -0.4 is 0 Å². The molecule has 0 spiro atoms. The van der Waals surface area contributed by atoms with Crippen LogP contribution in [0.1, 0.15) is 49.7 Å². The third kappa shape index (κ3) is 4.88. The standard InChI is InChI=1S/C14H20.CH4O.H2O/c1-11-3-7-13(8-4-11)14-9-5-12(2)6-10-14;1-2;/h3-4,7-8,12,14H,5-6,9-10H2,1-2H3;2H,1H3;1H2. The van der Waals surface area contributed by atoms with Crippen molar-refractivity contribution in [3.8, 4) is 0 Å². The van der Waals surface area contributed by atoms with Crippen molar-refractivity contribution in [2.24, 2.45) is 5.92 Å². The van der Waals surface area contributed by atoms with E-state index in [1.54, 1.807) is 5.56 Å². The fourth-order valence-electron chi connectivity index (χ4n) is 2.43. The summed E-state index contributed by atoms with van der Waals surface area (Å²) in [5, 5.41) is 7.00. The first-order valence-corrected chi connectivity index (χ1v) is 6.27. The summed E-state index contributed by atoms with van der Waals surface area (Å²) >= 11 is 0. The number of aryl methyl sites for hydroxylation is 1. The summed E-state index contributed by atoms with van der Waals surface area (Å²) in [5.41, 5.74) is 2.93. The Balaban J connectivity index is 0.000000811. The van der Waals surface area contributed by atoms with Gasteiger partial charge in [-0.1, -0.05) is 49.6 Å². The van der Waals surface area contributed by atoms with Gasteiger partial charge in [0, 0.05) is 7.11 Å². The molecule has 0 heterocycles. The molecular weight excluding hydrogens is 212 g/mol. The number of rotatable bonds is 1. The van der Waals surface area contributed by atoms with Gasteiger partial charge in [-0.15, -0.1) is 0 Å². The van der Waals surface area contributed by atoms with Crippen LogP contribution in [0.5, 0.6) is 0 Å². The number of aliphatic hydroxyl groups excluding tert-OH is 1. The fourth-order valence-corrected chi connectivity index (χ4v) is 2.43. The summed E-state index contributed by atoms with van der Waals surface area (Å²) < 4.78 is 0. The van der Waals surface area contributed by atoms with Crippen LogP contribution in [0.2, 0.25) is 0 Å². The first kappa shape index (κ1) is 16.1. The van der Waals surface area contributed by atoms with E-state index in [4.69, 9.17) is 5.11 Å². The highest BCUT2D eigenvalue weighted by Crippen LogP contribution is 2.35. The second kappa shape index (κ2) is 8.26. The average molecular weight is 238 g/mol. The molecule has 0 saturated heterocycles. The monoisotopic (exact) mass is 238 g/mol. The van der Waals surface area contributed by atoms with Gasteiger partial charge in [-0.25, -0.2) is 0 Å². The molecule has 1 fully saturated rings. The van der Waals surface area contributed by atoms with Gasteiger partial charge in [-0.05, 0) is 37.2 Å². The van der Waals surface area contributed by atoms with Crippen LogP contribution in [0, 0.1) is 12.8 Å². The molecule has 3 N–H and O–H groups in total. The highest BCUT2D eigenvalue weighted by molar-refractivity contribution is 5.24. The molecule has 0 unspecified atom stereocenters. The zero-order chi connectivity index (χ0) is 12.0. The van der Waals surface area contributed by atoms with Gasteiger partial charge in [-0.2, -0.15) is 0 Å². The molecular formula is C15H26O2. The maximum Gasteiger partial charge on any atom is 0.0319 e. The Kier molecular flexibility index (Phi) is 7.85. The fraction of sp³-hybridized carbons (Fsp3) is 0.600. The molecule has 0 radical (unpaired) electrons. The molecule has 1 saturated carbocycles. The number of aliphatic hydroxyl groups is 1. The van der Waals surface area contributed by atoms with Crippen molar-refractivity contribution in [2.75, 3.05) is 7.11 Å². The lowest BCUT2D eigenvalue weighted by Gasteiger charge is -2.26. The third-order valence-electron chi connectivity index (χ3n) is 3.56. The first-order chi connectivity index (χ1) is 7.75. The zero-order valence-corrected chi connectivity index (χ0v) is 11.2. The molecule has 1 aromatic carbocycles. The van der Waals surface area contributed by atoms with Crippen molar-refractivity contribution in [2.45, 2.75) is 45.4 Å². The van der Waals surface area contributed by atoms with Gasteiger partial charge >= 0.3 is 0 Å². The van der Waals surface area contributed by atoms with E-state index in [9.17, 15) is 0 Å². The maximum atomic E-state index is 7.00. The van der Waals surface area contributed by atoms with E-state index in [1.807, 2.05) is 0 Å². The van der Waals surface area contributed by atoms with Gasteiger partial charge in [0.2, 0.25) is 0 Å². The number of hydrogen-bond acceptors (Lipinski definition) is 1. The number of hydrogen-bond donors (Lipinski definition) is 1. The third-order valence-corrected chi connectivity index (χ3v) is 3.56. The molecule has 1 aromatic rings. The summed E-state index contributed by atoms with van der Waals surface area (Å²) in [5.74, 6) is 1.79. The van der Waals surface area contributed by atoms with Gasteiger partial charge in [0.25, 0.3) is 0 Å². The normalized spacial score (nSPS) is 23.1. The second-order valence-electron chi connectivity index (χ2n) is 4.87. The summed E-state index contributed by atoms with van der Waals surface area (Å²) in [7, 11) is 1.00. The van der Waals surface area contributed by atoms with Crippen molar-refractivity contribution in [1.29, 1.82) is 0 Å². The minimum absolute atomic E-state index is 0. The lowest BCUT2D eigenvalue weighted by atomic mass is 9.79. The van der Waals surface area contributed by atoms with Gasteiger partial charge < -0.3 is 10.6 Å². The van der Waals surface area contributed by atoms with Crippen LogP contribution in [0.3, 0.4) is 0 Å². The van der Waals surface area contributed by atoms with Gasteiger partial charge in [0.1, 0.15) is 0 Å². The Morgan fingerprint density at radius 3 is 1.88 bits per heavy atom. The predicted octanol–water partition coefficient (Wildman–Crippen LogP) is 3.07. The Morgan fingerprint density at radius 1 is 0.941 bits per heavy atom. The minimum atomic E-state index is 0. The average Bonchev–Trinajstić information content (AvgIpc) is 2.34. The molecule has 0 atom stereocenters. The highest BCUT2D eigenvalue weighted by Gasteiger charge is 2.19. The molecule has 0 aromatic heterocycles. The smallest absolute Gasteiger partial charge is 0.0319 e. The van der Waals surface area contributed by atoms with Gasteiger partial charge in [0.05, 0.1) is 0 Å². The molecule has 17 heavy (non-hydrogen) atoms. The summed E-state index contributed by atoms with van der Waals surface area (Å²) in [6, 6.07) is 9.12. The van der Waals surface area contributed by atoms with Crippen molar-refractivity contribution < 1.29 is 10.6 Å². The molecule has 2 rings (SSSR count). The molecule has 1 aliphatic carbocycles. The van der Waals surface area contributed by atoms with E-state index >= 15 is 0 Å². The molecule has 0 bridgehead atoms. The van der Waals surface area contributed by atoms with Crippen molar-refractivity contribution in [1.82, 2.24) is 0 Å². The Hall–Kier alpha value is -0.860. The summed E-state index contributed by atoms with van der Waals surface area (Å²) in [4.78, 5) is 0. The quantitative estimate of drug-likeness (QED) is 0.803. The highest BCUT2D eigenvalue weighted by atomic mass is 16.2. The SMILES string of the molecule is CO.Cc1ccc(C2CCC(C)CC2)cc1.O. The molecule has 0 amide bonds. The lowest BCUT2D eigenvalue weighted by molar-refractivity contribution is 0.348. The first-order valence-electron chi connectivity index (χ1n) is 6.27. The van der Waals surface area contributed by atoms with E-state index in [1.165, 1.54) is 31.2 Å². The van der Waals surface area contributed by atoms with Crippen molar-refractivity contribution >= 4 is 0 Å². The van der Waals surface area contributed by atoms with E-state index < -0.39 is 0 Å². The Morgan fingerprint density at radius 2 is 1.41 bits per heavy atom. The molecule has 0 aliphatic heterocycles. The molecule has 2 heteroatoms. The van der Waals surface area contributed by atoms with Crippen LogP contribution in [0.25, 0.3) is 0 Å². The largest absolute Gasteiger partial charge is 0.412 e. The van der Waals surface area contributed by atoms with E-state index in [-0.39, 0.29) is 5.48 Å². The lowest BCUT2D eigenvalue weighted by Crippen LogP contribution is -2.10. The molecule has 2 nitrogen and oxygen atoms in total. The van der Waals surface area contributed by atoms with Crippen LogP contribution in [0.4, 0.5) is 0 Å². The maximum absolute atomic E-state index is 7.00. The number of benzene rings is 1. The topological polar surface area (TPSA) is 51.7 Å². The van der Waals surface area contributed by atoms with Crippen LogP contribution in [-0.2, 0) is 0 Å². The van der Waals surface area contributed by atoms with E-state index in [0.717, 1.165) is 18.9 Å². The Labute approximate surface area is 105 Å².